The van der Waals surface area contributed by atoms with E-state index in [9.17, 15) is 12.8 Å². The molecule has 6 heteroatoms. The van der Waals surface area contributed by atoms with Gasteiger partial charge in [-0.25, -0.2) is 17.5 Å². The van der Waals surface area contributed by atoms with Crippen molar-refractivity contribution in [1.29, 1.82) is 0 Å². The summed E-state index contributed by atoms with van der Waals surface area (Å²) in [7, 11) is -2.46. The Morgan fingerprint density at radius 3 is 2.53 bits per heavy atom. The van der Waals surface area contributed by atoms with Crippen LogP contribution in [-0.2, 0) is 10.0 Å². The average Bonchev–Trinajstić information content (AvgIpc) is 2.83. The Balaban J connectivity index is 2.42. The van der Waals surface area contributed by atoms with Crippen LogP contribution in [0, 0.1) is 5.82 Å². The van der Waals surface area contributed by atoms with E-state index >= 15 is 0 Å². The molecule has 1 aliphatic rings. The van der Waals surface area contributed by atoms with Crippen LogP contribution in [-0.4, -0.2) is 28.6 Å². The van der Waals surface area contributed by atoms with E-state index in [2.05, 4.69) is 9.62 Å². The molecular formula is C11H15FN2O2S. The average molecular weight is 258 g/mol. The number of nitrogens with one attached hydrogen (secondary N) is 1. The van der Waals surface area contributed by atoms with Gasteiger partial charge in [-0.2, -0.15) is 0 Å². The highest BCUT2D eigenvalue weighted by Crippen LogP contribution is 2.25. The van der Waals surface area contributed by atoms with Crippen LogP contribution in [0.2, 0.25) is 0 Å². The van der Waals surface area contributed by atoms with Gasteiger partial charge < -0.3 is 4.90 Å². The molecule has 0 aromatic heterocycles. The molecule has 1 aromatic carbocycles. The number of nitrogens with zero attached hydrogens (tertiary/aromatic N) is 1. The van der Waals surface area contributed by atoms with Gasteiger partial charge in [0.1, 0.15) is 10.7 Å². The zero-order valence-corrected chi connectivity index (χ0v) is 10.4. The van der Waals surface area contributed by atoms with E-state index in [-0.39, 0.29) is 4.90 Å². The van der Waals surface area contributed by atoms with Crippen LogP contribution in [0.15, 0.2) is 23.1 Å². The van der Waals surface area contributed by atoms with E-state index in [0.29, 0.717) is 0 Å². The van der Waals surface area contributed by atoms with Crippen LogP contribution in [0.1, 0.15) is 12.8 Å². The number of hydrogen-bond donors (Lipinski definition) is 1. The Kier molecular flexibility index (Phi) is 3.35. The van der Waals surface area contributed by atoms with Crippen LogP contribution in [0.5, 0.6) is 0 Å². The first-order chi connectivity index (χ1) is 8.04. The summed E-state index contributed by atoms with van der Waals surface area (Å²) < 4.78 is 38.9. The molecule has 0 saturated carbocycles. The summed E-state index contributed by atoms with van der Waals surface area (Å²) in [6, 6.07) is 4.22. The monoisotopic (exact) mass is 258 g/mol. The minimum Gasteiger partial charge on any atom is -0.371 e. The smallest absolute Gasteiger partial charge is 0.243 e. The number of sulfonamides is 1. The predicted molar refractivity (Wildman–Crippen MR) is 64.1 cm³/mol. The van der Waals surface area contributed by atoms with E-state index in [0.717, 1.165) is 31.6 Å². The fourth-order valence-corrected chi connectivity index (χ4v) is 2.80. The second-order valence-electron chi connectivity index (χ2n) is 4.02. The van der Waals surface area contributed by atoms with Gasteiger partial charge in [-0.1, -0.05) is 0 Å². The summed E-state index contributed by atoms with van der Waals surface area (Å²) in [5.74, 6) is -0.720. The Bertz CT molecular complexity index is 510. The third-order valence-corrected chi connectivity index (χ3v) is 4.37. The molecule has 0 aliphatic carbocycles. The van der Waals surface area contributed by atoms with E-state index in [1.165, 1.54) is 19.2 Å². The molecule has 1 saturated heterocycles. The van der Waals surface area contributed by atoms with Crippen molar-refractivity contribution < 1.29 is 12.8 Å². The summed E-state index contributed by atoms with van der Waals surface area (Å²) in [6.45, 7) is 1.79. The Morgan fingerprint density at radius 2 is 1.94 bits per heavy atom. The fourth-order valence-electron chi connectivity index (χ4n) is 1.98. The molecule has 1 heterocycles. The first-order valence-electron chi connectivity index (χ1n) is 5.52. The maximum absolute atomic E-state index is 13.5. The lowest BCUT2D eigenvalue weighted by Gasteiger charge is -2.18. The first-order valence-corrected chi connectivity index (χ1v) is 7.01. The van der Waals surface area contributed by atoms with Crippen molar-refractivity contribution in [2.24, 2.45) is 0 Å². The summed E-state index contributed by atoms with van der Waals surface area (Å²) in [5.41, 5.74) is 0.762. The standard InChI is InChI=1S/C11H15FN2O2S/c1-13-17(15,16)11-8-9(4-5-10(11)12)14-6-2-3-7-14/h4-5,8,13H,2-3,6-7H2,1H3. The second-order valence-corrected chi connectivity index (χ2v) is 5.87. The van der Waals surface area contributed by atoms with Gasteiger partial charge in [0.25, 0.3) is 0 Å². The van der Waals surface area contributed by atoms with Gasteiger partial charge in [-0.05, 0) is 38.1 Å². The minimum atomic E-state index is -3.73. The summed E-state index contributed by atoms with van der Waals surface area (Å²) in [6.07, 6.45) is 2.18. The third kappa shape index (κ3) is 2.42. The van der Waals surface area contributed by atoms with E-state index in [4.69, 9.17) is 0 Å². The molecule has 1 N–H and O–H groups in total. The summed E-state index contributed by atoms with van der Waals surface area (Å²) in [5, 5.41) is 0. The number of anilines is 1. The molecule has 94 valence electrons. The van der Waals surface area contributed by atoms with Gasteiger partial charge in [0, 0.05) is 18.8 Å². The summed E-state index contributed by atoms with van der Waals surface area (Å²) >= 11 is 0. The van der Waals surface area contributed by atoms with Crippen LogP contribution in [0.25, 0.3) is 0 Å². The molecule has 0 unspecified atom stereocenters. The molecule has 2 rings (SSSR count). The molecular weight excluding hydrogens is 243 g/mol. The van der Waals surface area contributed by atoms with Gasteiger partial charge in [-0.3, -0.25) is 0 Å². The van der Waals surface area contributed by atoms with E-state index < -0.39 is 15.8 Å². The van der Waals surface area contributed by atoms with Crippen molar-refractivity contribution in [2.45, 2.75) is 17.7 Å². The molecule has 4 nitrogen and oxygen atoms in total. The molecule has 0 radical (unpaired) electrons. The molecule has 0 spiro atoms. The maximum atomic E-state index is 13.5. The molecule has 1 aromatic rings. The second kappa shape index (κ2) is 4.62. The third-order valence-electron chi connectivity index (χ3n) is 2.94. The van der Waals surface area contributed by atoms with Crippen LogP contribution in [0.3, 0.4) is 0 Å². The largest absolute Gasteiger partial charge is 0.371 e. The van der Waals surface area contributed by atoms with Gasteiger partial charge in [0.05, 0.1) is 0 Å². The normalized spacial score (nSPS) is 16.5. The number of rotatable bonds is 3. The van der Waals surface area contributed by atoms with Crippen molar-refractivity contribution in [2.75, 3.05) is 25.0 Å². The van der Waals surface area contributed by atoms with Crippen LogP contribution in [0.4, 0.5) is 10.1 Å². The number of benzene rings is 1. The quantitative estimate of drug-likeness (QED) is 0.890. The lowest BCUT2D eigenvalue weighted by molar-refractivity contribution is 0.561. The SMILES string of the molecule is CNS(=O)(=O)c1cc(N2CCCC2)ccc1F. The summed E-state index contributed by atoms with van der Waals surface area (Å²) in [4.78, 5) is 1.78. The Morgan fingerprint density at radius 1 is 1.29 bits per heavy atom. The van der Waals surface area contributed by atoms with Crippen molar-refractivity contribution in [3.8, 4) is 0 Å². The topological polar surface area (TPSA) is 49.4 Å². The molecule has 0 amide bonds. The van der Waals surface area contributed by atoms with Gasteiger partial charge >= 0.3 is 0 Å². The maximum Gasteiger partial charge on any atom is 0.243 e. The molecule has 0 bridgehead atoms. The van der Waals surface area contributed by atoms with E-state index in [1.807, 2.05) is 0 Å². The highest BCUT2D eigenvalue weighted by atomic mass is 32.2. The highest BCUT2D eigenvalue weighted by Gasteiger charge is 2.20. The minimum absolute atomic E-state index is 0.288. The Hall–Kier alpha value is -1.14. The molecule has 1 fully saturated rings. The van der Waals surface area contributed by atoms with E-state index in [1.54, 1.807) is 6.07 Å². The first kappa shape index (κ1) is 12.3. The van der Waals surface area contributed by atoms with Crippen molar-refractivity contribution >= 4 is 15.7 Å². The number of halogens is 1. The van der Waals surface area contributed by atoms with Crippen LogP contribution < -0.4 is 9.62 Å². The van der Waals surface area contributed by atoms with Crippen molar-refractivity contribution in [3.63, 3.8) is 0 Å². The molecule has 1 aliphatic heterocycles. The van der Waals surface area contributed by atoms with Crippen molar-refractivity contribution in [3.05, 3.63) is 24.0 Å². The molecule has 17 heavy (non-hydrogen) atoms. The lowest BCUT2D eigenvalue weighted by atomic mass is 10.3. The predicted octanol–water partition coefficient (Wildman–Crippen LogP) is 1.33. The van der Waals surface area contributed by atoms with Gasteiger partial charge in [-0.15, -0.1) is 0 Å². The van der Waals surface area contributed by atoms with Gasteiger partial charge in [0.15, 0.2) is 0 Å². The van der Waals surface area contributed by atoms with Crippen LogP contribution >= 0.6 is 0 Å². The zero-order valence-electron chi connectivity index (χ0n) is 9.61. The zero-order chi connectivity index (χ0) is 12.5. The highest BCUT2D eigenvalue weighted by molar-refractivity contribution is 7.89. The van der Waals surface area contributed by atoms with Gasteiger partial charge in [0.2, 0.25) is 10.0 Å². The fraction of sp³-hybridized carbons (Fsp3) is 0.455. The van der Waals surface area contributed by atoms with Crippen molar-refractivity contribution in [1.82, 2.24) is 4.72 Å². The Labute approximate surface area is 100 Å². The molecule has 0 atom stereocenters. The number of hydrogen-bond acceptors (Lipinski definition) is 3. The lowest BCUT2D eigenvalue weighted by Crippen LogP contribution is -2.22.